The molecule has 28 heavy (non-hydrogen) atoms. The van der Waals surface area contributed by atoms with E-state index in [0.29, 0.717) is 11.8 Å². The summed E-state index contributed by atoms with van der Waals surface area (Å²) in [6.45, 7) is 3.99. The molecule has 1 fully saturated rings. The van der Waals surface area contributed by atoms with Gasteiger partial charge in [0.05, 0.1) is 0 Å². The number of ether oxygens (including phenoxy) is 1. The number of rotatable bonds is 9. The Morgan fingerprint density at radius 2 is 1.93 bits per heavy atom. The average Bonchev–Trinajstić information content (AvgIpc) is 3.12. The van der Waals surface area contributed by atoms with Crippen LogP contribution in [0.4, 0.5) is 0 Å². The highest BCUT2D eigenvalue weighted by molar-refractivity contribution is 5.80. The molecule has 1 heterocycles. The number of amides is 1. The van der Waals surface area contributed by atoms with Gasteiger partial charge in [0, 0.05) is 53.4 Å². The molecule has 1 aromatic rings. The summed E-state index contributed by atoms with van der Waals surface area (Å²) >= 11 is 0. The van der Waals surface area contributed by atoms with Crippen molar-refractivity contribution in [1.29, 1.82) is 0 Å². The molecule has 1 aliphatic heterocycles. The third-order valence-electron chi connectivity index (χ3n) is 6.16. The summed E-state index contributed by atoms with van der Waals surface area (Å²) in [7, 11) is 3.56. The molecule has 0 atom stereocenters. The molecule has 1 amide bonds. The lowest BCUT2D eigenvalue weighted by Crippen LogP contribution is -2.47. The maximum Gasteiger partial charge on any atom is 0.223 e. The molecule has 3 rings (SSSR count). The van der Waals surface area contributed by atoms with Gasteiger partial charge in [0.25, 0.3) is 0 Å². The molecule has 0 spiro atoms. The van der Waals surface area contributed by atoms with Gasteiger partial charge in [0.1, 0.15) is 0 Å². The van der Waals surface area contributed by atoms with E-state index in [9.17, 15) is 4.79 Å². The quantitative estimate of drug-likeness (QED) is 0.389. The number of hydrogen-bond donors (Lipinski definition) is 2. The van der Waals surface area contributed by atoms with Gasteiger partial charge in [-0.25, -0.2) is 0 Å². The van der Waals surface area contributed by atoms with E-state index in [1.807, 2.05) is 17.0 Å². The van der Waals surface area contributed by atoms with Crippen LogP contribution >= 0.6 is 0 Å². The van der Waals surface area contributed by atoms with Gasteiger partial charge in [-0.05, 0) is 42.2 Å². The SMILES string of the molecule is CN=C(NCCCC(=O)N1Cc2ccccc2C1)NCC1(CCOC)CCC1. The fourth-order valence-corrected chi connectivity index (χ4v) is 4.12. The van der Waals surface area contributed by atoms with Gasteiger partial charge in [0.2, 0.25) is 5.91 Å². The maximum atomic E-state index is 12.5. The number of carbonyl (C=O) groups excluding carboxylic acids is 1. The first-order valence-corrected chi connectivity index (χ1v) is 10.4. The van der Waals surface area contributed by atoms with Crippen LogP contribution in [0.1, 0.15) is 49.7 Å². The molecular formula is C22H34N4O2. The van der Waals surface area contributed by atoms with Gasteiger partial charge in [-0.15, -0.1) is 0 Å². The van der Waals surface area contributed by atoms with Crippen LogP contribution in [-0.4, -0.2) is 50.6 Å². The zero-order chi connectivity index (χ0) is 19.8. The van der Waals surface area contributed by atoms with Gasteiger partial charge in [-0.1, -0.05) is 30.7 Å². The van der Waals surface area contributed by atoms with Crippen molar-refractivity contribution in [2.45, 2.75) is 51.6 Å². The predicted molar refractivity (Wildman–Crippen MR) is 112 cm³/mol. The fraction of sp³-hybridized carbons (Fsp3) is 0.636. The maximum absolute atomic E-state index is 12.5. The van der Waals surface area contributed by atoms with Gasteiger partial charge < -0.3 is 20.3 Å². The first kappa shape index (κ1) is 20.6. The summed E-state index contributed by atoms with van der Waals surface area (Å²) < 4.78 is 5.26. The van der Waals surface area contributed by atoms with Crippen molar-refractivity contribution < 1.29 is 9.53 Å². The number of fused-ring (bicyclic) bond motifs is 1. The Balaban J connectivity index is 1.33. The Hall–Kier alpha value is -2.08. The molecule has 0 radical (unpaired) electrons. The molecular weight excluding hydrogens is 352 g/mol. The van der Waals surface area contributed by atoms with Crippen molar-refractivity contribution in [3.05, 3.63) is 35.4 Å². The summed E-state index contributed by atoms with van der Waals surface area (Å²) in [5.41, 5.74) is 2.91. The lowest BCUT2D eigenvalue weighted by molar-refractivity contribution is -0.131. The summed E-state index contributed by atoms with van der Waals surface area (Å²) in [5.74, 6) is 1.05. The second-order valence-corrected chi connectivity index (χ2v) is 8.07. The van der Waals surface area contributed by atoms with Crippen molar-refractivity contribution in [3.63, 3.8) is 0 Å². The molecule has 2 N–H and O–H groups in total. The number of nitrogens with one attached hydrogen (secondary N) is 2. The minimum Gasteiger partial charge on any atom is -0.385 e. The number of guanidine groups is 1. The standard InChI is InChI=1S/C22H34N4O2/c1-23-21(25-17-22(10-6-11-22)12-14-28-2)24-13-5-9-20(27)26-15-18-7-3-4-8-19(18)16-26/h3-4,7-8H,5-6,9-17H2,1-2H3,(H2,23,24,25). The highest BCUT2D eigenvalue weighted by Crippen LogP contribution is 2.43. The summed E-state index contributed by atoms with van der Waals surface area (Å²) in [4.78, 5) is 18.7. The van der Waals surface area contributed by atoms with Crippen LogP contribution in [0, 0.1) is 5.41 Å². The van der Waals surface area contributed by atoms with E-state index in [-0.39, 0.29) is 5.91 Å². The normalized spacial score (nSPS) is 17.8. The number of hydrogen-bond acceptors (Lipinski definition) is 3. The second-order valence-electron chi connectivity index (χ2n) is 8.07. The van der Waals surface area contributed by atoms with Crippen LogP contribution in [0.15, 0.2) is 29.3 Å². The monoisotopic (exact) mass is 386 g/mol. The second kappa shape index (κ2) is 9.92. The molecule has 6 heteroatoms. The Morgan fingerprint density at radius 1 is 1.21 bits per heavy atom. The third kappa shape index (κ3) is 5.25. The molecule has 1 saturated carbocycles. The van der Waals surface area contributed by atoms with Crippen molar-refractivity contribution in [3.8, 4) is 0 Å². The highest BCUT2D eigenvalue weighted by atomic mass is 16.5. The minimum atomic E-state index is 0.230. The first-order valence-electron chi connectivity index (χ1n) is 10.4. The number of methoxy groups -OCH3 is 1. The van der Waals surface area contributed by atoms with Crippen LogP contribution in [0.3, 0.4) is 0 Å². The predicted octanol–water partition coefficient (Wildman–Crippen LogP) is 2.68. The molecule has 0 unspecified atom stereocenters. The number of aliphatic imine (C=N–C) groups is 1. The summed E-state index contributed by atoms with van der Waals surface area (Å²) in [6, 6.07) is 8.30. The van der Waals surface area contributed by atoms with Crippen LogP contribution in [0.2, 0.25) is 0 Å². The van der Waals surface area contributed by atoms with Crippen LogP contribution in [0.5, 0.6) is 0 Å². The zero-order valence-electron chi connectivity index (χ0n) is 17.3. The van der Waals surface area contributed by atoms with Crippen LogP contribution in [0.25, 0.3) is 0 Å². The summed E-state index contributed by atoms with van der Waals surface area (Å²) in [6.07, 6.45) is 6.29. The molecule has 0 saturated heterocycles. The van der Waals surface area contributed by atoms with E-state index >= 15 is 0 Å². The van der Waals surface area contributed by atoms with Crippen LogP contribution in [-0.2, 0) is 22.6 Å². The topological polar surface area (TPSA) is 66.0 Å². The van der Waals surface area contributed by atoms with Gasteiger partial charge in [-0.2, -0.15) is 0 Å². The van der Waals surface area contributed by atoms with Crippen molar-refractivity contribution in [2.75, 3.05) is 33.9 Å². The van der Waals surface area contributed by atoms with Gasteiger partial charge in [-0.3, -0.25) is 9.79 Å². The van der Waals surface area contributed by atoms with E-state index < -0.39 is 0 Å². The minimum absolute atomic E-state index is 0.230. The van der Waals surface area contributed by atoms with Crippen molar-refractivity contribution in [1.82, 2.24) is 15.5 Å². The van der Waals surface area contributed by atoms with E-state index in [1.54, 1.807) is 14.2 Å². The first-order chi connectivity index (χ1) is 13.7. The third-order valence-corrected chi connectivity index (χ3v) is 6.16. The molecule has 0 bridgehead atoms. The average molecular weight is 387 g/mol. The molecule has 1 aliphatic carbocycles. The Bertz CT molecular complexity index is 660. The Morgan fingerprint density at radius 3 is 2.50 bits per heavy atom. The van der Waals surface area contributed by atoms with Gasteiger partial charge >= 0.3 is 0 Å². The van der Waals surface area contributed by atoms with Crippen LogP contribution < -0.4 is 10.6 Å². The number of benzene rings is 1. The molecule has 1 aromatic carbocycles. The summed E-state index contributed by atoms with van der Waals surface area (Å²) in [5, 5.41) is 6.81. The van der Waals surface area contributed by atoms with E-state index in [2.05, 4.69) is 27.8 Å². The lowest BCUT2D eigenvalue weighted by Gasteiger charge is -2.42. The lowest BCUT2D eigenvalue weighted by atomic mass is 9.67. The Kier molecular flexibility index (Phi) is 7.31. The molecule has 0 aromatic heterocycles. The van der Waals surface area contributed by atoms with E-state index in [4.69, 9.17) is 4.74 Å². The zero-order valence-corrected chi connectivity index (χ0v) is 17.3. The Labute approximate surface area is 168 Å². The largest absolute Gasteiger partial charge is 0.385 e. The van der Waals surface area contributed by atoms with Gasteiger partial charge in [0.15, 0.2) is 5.96 Å². The molecule has 6 nitrogen and oxygen atoms in total. The fourth-order valence-electron chi connectivity index (χ4n) is 4.12. The molecule has 2 aliphatic rings. The highest BCUT2D eigenvalue weighted by Gasteiger charge is 2.36. The number of nitrogens with zero attached hydrogens (tertiary/aromatic N) is 2. The number of carbonyl (C=O) groups is 1. The molecule has 154 valence electrons. The smallest absolute Gasteiger partial charge is 0.223 e. The van der Waals surface area contributed by atoms with Crippen molar-refractivity contribution >= 4 is 11.9 Å². The van der Waals surface area contributed by atoms with E-state index in [0.717, 1.165) is 51.6 Å². The van der Waals surface area contributed by atoms with E-state index in [1.165, 1.54) is 30.4 Å². The van der Waals surface area contributed by atoms with Crippen molar-refractivity contribution in [2.24, 2.45) is 10.4 Å².